The van der Waals surface area contributed by atoms with E-state index in [4.69, 9.17) is 19.4 Å². The number of ether oxygens (including phenoxy) is 2. The summed E-state index contributed by atoms with van der Waals surface area (Å²) in [4.78, 5) is 73.0. The lowest BCUT2D eigenvalue weighted by molar-refractivity contribution is -0.136. The molecule has 0 bridgehead atoms. The van der Waals surface area contributed by atoms with Crippen LogP contribution in [-0.2, 0) is 19.1 Å². The monoisotopic (exact) mass is 768 g/mol. The van der Waals surface area contributed by atoms with Gasteiger partial charge in [0, 0.05) is 23.5 Å². The van der Waals surface area contributed by atoms with Gasteiger partial charge in [-0.1, -0.05) is 39.8 Å². The molecule has 7 rings (SSSR count). The minimum Gasteiger partial charge on any atom is -0.453 e. The average Bonchev–Trinajstić information content (AvgIpc) is 4.02. The van der Waals surface area contributed by atoms with Crippen LogP contribution >= 0.6 is 11.3 Å². The lowest BCUT2D eigenvalue weighted by Crippen LogP contribution is -2.51. The molecule has 2 aliphatic heterocycles. The maximum Gasteiger partial charge on any atom is 0.407 e. The van der Waals surface area contributed by atoms with E-state index in [0.29, 0.717) is 13.1 Å². The highest BCUT2D eigenvalue weighted by Gasteiger charge is 2.39. The van der Waals surface area contributed by atoms with Crippen LogP contribution in [0.15, 0.2) is 47.8 Å². The Balaban J connectivity index is 1.12. The number of carbonyl (C=O) groups is 4. The van der Waals surface area contributed by atoms with Crippen molar-refractivity contribution in [3.8, 4) is 21.6 Å². The Bertz CT molecular complexity index is 2070. The van der Waals surface area contributed by atoms with E-state index in [2.05, 4.69) is 56.3 Å². The fourth-order valence-corrected chi connectivity index (χ4v) is 8.75. The Kier molecular flexibility index (Phi) is 10.8. The minimum absolute atomic E-state index is 0.115. The van der Waals surface area contributed by atoms with Crippen LogP contribution in [0.5, 0.6) is 0 Å². The number of amides is 4. The third-order valence-electron chi connectivity index (χ3n) is 10.7. The topological polar surface area (TPSA) is 175 Å². The molecule has 0 radical (unpaired) electrons. The summed E-state index contributed by atoms with van der Waals surface area (Å²) in [5.41, 5.74) is 6.54. The first-order valence-electron chi connectivity index (χ1n) is 18.8. The van der Waals surface area contributed by atoms with Gasteiger partial charge in [-0.05, 0) is 84.4 Å². The predicted octanol–water partition coefficient (Wildman–Crippen LogP) is 6.92. The summed E-state index contributed by atoms with van der Waals surface area (Å²) in [6.07, 6.45) is 1.97. The molecule has 5 heterocycles. The number of carbonyl (C=O) groups excluding carboxylic acids is 4. The molecule has 0 aliphatic carbocycles. The molecule has 0 saturated carbocycles. The second-order valence-corrected chi connectivity index (χ2v) is 15.9. The van der Waals surface area contributed by atoms with E-state index in [-0.39, 0.29) is 35.7 Å². The van der Waals surface area contributed by atoms with E-state index in [0.717, 1.165) is 81.0 Å². The van der Waals surface area contributed by atoms with Gasteiger partial charge in [0.15, 0.2) is 0 Å². The van der Waals surface area contributed by atoms with Crippen LogP contribution in [0.1, 0.15) is 77.1 Å². The summed E-state index contributed by atoms with van der Waals surface area (Å²) in [5, 5.41) is 7.50. The molecule has 15 heteroatoms. The van der Waals surface area contributed by atoms with Crippen molar-refractivity contribution in [2.24, 2.45) is 11.8 Å². The van der Waals surface area contributed by atoms with Gasteiger partial charge in [0.05, 0.1) is 48.4 Å². The van der Waals surface area contributed by atoms with Crippen LogP contribution in [0.2, 0.25) is 0 Å². The van der Waals surface area contributed by atoms with Gasteiger partial charge in [-0.25, -0.2) is 19.6 Å². The van der Waals surface area contributed by atoms with Crippen LogP contribution in [-0.4, -0.2) is 93.1 Å². The number of hydrogen-bond acceptors (Lipinski definition) is 9. The summed E-state index contributed by atoms with van der Waals surface area (Å²) in [6.45, 7) is 8.79. The molecular weight excluding hydrogens is 721 g/mol. The lowest BCUT2D eigenvalue weighted by atomic mass is 10.0. The SMILES string of the molecule is COC(=O)NC(C(=O)N1CCCC1c1nc2ccc(-c3ccsc3-c3ccc4nc(C5CCCN5C(=O)C(NC(=O)OC)C(C)C)[nH]c4c3)cc2[nH]1)C(C)C. The number of rotatable bonds is 10. The maximum atomic E-state index is 13.7. The number of alkyl carbamates (subject to hydrolysis) is 2. The molecule has 290 valence electrons. The van der Waals surface area contributed by atoms with Crippen molar-refractivity contribution in [3.05, 3.63) is 59.5 Å². The zero-order valence-corrected chi connectivity index (χ0v) is 32.8. The van der Waals surface area contributed by atoms with Crippen molar-refractivity contribution in [2.75, 3.05) is 27.3 Å². The number of fused-ring (bicyclic) bond motifs is 2. The van der Waals surface area contributed by atoms with Crippen LogP contribution in [0, 0.1) is 11.8 Å². The molecule has 3 aromatic heterocycles. The zero-order valence-electron chi connectivity index (χ0n) is 32.0. The number of thiophene rings is 1. The standard InChI is InChI=1S/C40H48N8O6S/c1-21(2)32(45-39(51)53-5)37(49)47-16-7-9-30(47)35-41-26-13-11-23(19-28(26)43-35)25-15-18-55-34(25)24-12-14-27-29(20-24)44-36(42-27)31-10-8-17-48(31)38(50)33(22(3)4)46-40(52)54-6/h11-15,18-22,30-33H,7-10,16-17H2,1-6H3,(H,41,43)(H,42,44)(H,45,51)(H,46,52). The van der Waals surface area contributed by atoms with Crippen LogP contribution in [0.3, 0.4) is 0 Å². The highest BCUT2D eigenvalue weighted by molar-refractivity contribution is 7.14. The van der Waals surface area contributed by atoms with Crippen molar-refractivity contribution in [3.63, 3.8) is 0 Å². The Morgan fingerprint density at radius 2 is 1.20 bits per heavy atom. The molecule has 2 aromatic carbocycles. The molecule has 4 unspecified atom stereocenters. The van der Waals surface area contributed by atoms with Gasteiger partial charge in [-0.2, -0.15) is 0 Å². The number of benzene rings is 2. The third kappa shape index (κ3) is 7.49. The molecule has 4 atom stereocenters. The molecule has 4 N–H and O–H groups in total. The lowest BCUT2D eigenvalue weighted by Gasteiger charge is -2.29. The largest absolute Gasteiger partial charge is 0.453 e. The number of aromatic nitrogens is 4. The molecule has 5 aromatic rings. The number of aromatic amines is 2. The number of nitrogens with zero attached hydrogens (tertiary/aromatic N) is 4. The van der Waals surface area contributed by atoms with E-state index < -0.39 is 24.3 Å². The number of imidazole rings is 2. The highest BCUT2D eigenvalue weighted by Crippen LogP contribution is 2.40. The summed E-state index contributed by atoms with van der Waals surface area (Å²) in [6, 6.07) is 12.6. The Labute approximate surface area is 323 Å². The van der Waals surface area contributed by atoms with Gasteiger partial charge in [0.25, 0.3) is 0 Å². The quantitative estimate of drug-likeness (QED) is 0.118. The molecular formula is C40H48N8O6S. The van der Waals surface area contributed by atoms with E-state index in [9.17, 15) is 19.2 Å². The summed E-state index contributed by atoms with van der Waals surface area (Å²) < 4.78 is 9.56. The van der Waals surface area contributed by atoms with Gasteiger partial charge in [0.1, 0.15) is 23.7 Å². The fraction of sp³-hybridized carbons (Fsp3) is 0.450. The maximum absolute atomic E-state index is 13.7. The molecule has 2 fully saturated rings. The van der Waals surface area contributed by atoms with Crippen LogP contribution in [0.4, 0.5) is 9.59 Å². The molecule has 2 aliphatic rings. The Morgan fingerprint density at radius 3 is 1.67 bits per heavy atom. The molecule has 55 heavy (non-hydrogen) atoms. The zero-order chi connectivity index (χ0) is 39.0. The number of likely N-dealkylation sites (tertiary alicyclic amines) is 2. The summed E-state index contributed by atoms with van der Waals surface area (Å²) in [7, 11) is 2.58. The van der Waals surface area contributed by atoms with Gasteiger partial charge in [-0.3, -0.25) is 9.59 Å². The number of H-pyrrole nitrogens is 2. The van der Waals surface area contributed by atoms with Crippen LogP contribution < -0.4 is 10.6 Å². The van der Waals surface area contributed by atoms with E-state index in [1.165, 1.54) is 14.2 Å². The predicted molar refractivity (Wildman–Crippen MR) is 210 cm³/mol. The van der Waals surface area contributed by atoms with Crippen molar-refractivity contribution in [2.45, 2.75) is 77.5 Å². The first-order valence-corrected chi connectivity index (χ1v) is 19.7. The van der Waals surface area contributed by atoms with Crippen molar-refractivity contribution in [1.82, 2.24) is 40.4 Å². The highest BCUT2D eigenvalue weighted by atomic mass is 32.1. The number of methoxy groups -OCH3 is 2. The van der Waals surface area contributed by atoms with E-state index in [1.807, 2.05) is 49.6 Å². The average molecular weight is 769 g/mol. The first kappa shape index (κ1) is 37.9. The Hall–Kier alpha value is -5.44. The summed E-state index contributed by atoms with van der Waals surface area (Å²) in [5.74, 6) is 0.942. The molecule has 4 amide bonds. The normalized spacial score (nSPS) is 18.3. The second-order valence-electron chi connectivity index (χ2n) is 15.0. The van der Waals surface area contributed by atoms with Crippen molar-refractivity contribution >= 4 is 57.4 Å². The van der Waals surface area contributed by atoms with Gasteiger partial charge in [-0.15, -0.1) is 11.3 Å². The Morgan fingerprint density at radius 1 is 0.727 bits per heavy atom. The van der Waals surface area contributed by atoms with Gasteiger partial charge in [0.2, 0.25) is 11.8 Å². The second kappa shape index (κ2) is 15.7. The molecule has 14 nitrogen and oxygen atoms in total. The molecule has 2 saturated heterocycles. The van der Waals surface area contributed by atoms with Gasteiger partial charge >= 0.3 is 12.2 Å². The fourth-order valence-electron chi connectivity index (χ4n) is 7.83. The van der Waals surface area contributed by atoms with Gasteiger partial charge < -0.3 is 39.9 Å². The van der Waals surface area contributed by atoms with Crippen molar-refractivity contribution < 1.29 is 28.7 Å². The molecule has 0 spiro atoms. The number of hydrogen-bond donors (Lipinski definition) is 4. The number of nitrogens with one attached hydrogen (secondary N) is 4. The first-order chi connectivity index (χ1) is 26.5. The van der Waals surface area contributed by atoms with E-state index in [1.54, 1.807) is 11.3 Å². The summed E-state index contributed by atoms with van der Waals surface area (Å²) >= 11 is 1.66. The smallest absolute Gasteiger partial charge is 0.407 e. The van der Waals surface area contributed by atoms with Crippen molar-refractivity contribution in [1.29, 1.82) is 0 Å². The van der Waals surface area contributed by atoms with Crippen LogP contribution in [0.25, 0.3) is 43.6 Å². The minimum atomic E-state index is -0.700. The van der Waals surface area contributed by atoms with E-state index >= 15 is 0 Å². The third-order valence-corrected chi connectivity index (χ3v) is 11.7.